The largest absolute Gasteiger partial charge is 0.355 e. The first kappa shape index (κ1) is 16.7. The molecule has 5 nitrogen and oxygen atoms in total. The second-order valence-corrected chi connectivity index (χ2v) is 8.25. The van der Waals surface area contributed by atoms with E-state index in [1.807, 2.05) is 23.6 Å². The fraction of sp³-hybridized carbons (Fsp3) is 0.381. The van der Waals surface area contributed by atoms with Crippen LogP contribution in [0.1, 0.15) is 25.7 Å². The van der Waals surface area contributed by atoms with Gasteiger partial charge in [0.2, 0.25) is 5.91 Å². The number of aromatic nitrogens is 2. The summed E-state index contributed by atoms with van der Waals surface area (Å²) in [4.78, 5) is 24.5. The van der Waals surface area contributed by atoms with E-state index in [-0.39, 0.29) is 11.8 Å². The molecule has 3 heterocycles. The van der Waals surface area contributed by atoms with E-state index in [1.165, 1.54) is 0 Å². The molecule has 6 heteroatoms. The fourth-order valence-corrected chi connectivity index (χ4v) is 4.39. The van der Waals surface area contributed by atoms with Crippen LogP contribution in [-0.4, -0.2) is 35.0 Å². The second-order valence-electron chi connectivity index (χ2n) is 7.47. The Morgan fingerprint density at radius 1 is 1.15 bits per heavy atom. The van der Waals surface area contributed by atoms with Gasteiger partial charge in [-0.1, -0.05) is 12.1 Å². The molecule has 5 rings (SSSR count). The Bertz CT molecular complexity index is 967. The maximum atomic E-state index is 12.6. The normalized spacial score (nSPS) is 20.0. The number of nitrogens with zero attached hydrogens (tertiary/aromatic N) is 3. The third-order valence-electron chi connectivity index (χ3n) is 5.38. The lowest BCUT2D eigenvalue weighted by Gasteiger charge is -2.33. The fourth-order valence-electron chi connectivity index (χ4n) is 3.75. The smallest absolute Gasteiger partial charge is 0.225 e. The van der Waals surface area contributed by atoms with Crippen molar-refractivity contribution < 1.29 is 4.79 Å². The van der Waals surface area contributed by atoms with Crippen LogP contribution in [0.4, 0.5) is 5.82 Å². The number of thiophene rings is 1. The van der Waals surface area contributed by atoms with Crippen LogP contribution in [0.15, 0.2) is 41.1 Å². The first-order valence-corrected chi connectivity index (χ1v) is 10.6. The van der Waals surface area contributed by atoms with Crippen molar-refractivity contribution in [2.45, 2.75) is 31.7 Å². The molecule has 27 heavy (non-hydrogen) atoms. The van der Waals surface area contributed by atoms with Crippen LogP contribution in [0.25, 0.3) is 22.3 Å². The monoisotopic (exact) mass is 378 g/mol. The number of fused-ring (bicyclic) bond motifs is 1. The van der Waals surface area contributed by atoms with Crippen molar-refractivity contribution in [2.75, 3.05) is 18.0 Å². The van der Waals surface area contributed by atoms with Gasteiger partial charge in [0.25, 0.3) is 0 Å². The summed E-state index contributed by atoms with van der Waals surface area (Å²) in [6, 6.07) is 10.6. The van der Waals surface area contributed by atoms with Crippen molar-refractivity contribution in [1.82, 2.24) is 15.3 Å². The maximum absolute atomic E-state index is 12.6. The molecule has 0 spiro atoms. The standard InChI is InChI=1S/C21H22N4OS/c26-21(22-16-7-8-16)14-4-3-10-25(12-14)20-17-5-1-2-6-18(17)23-19(24-20)15-9-11-27-13-15/h1-2,5-6,9,11,13-14,16H,3-4,7-8,10,12H2,(H,22,26). The Balaban J connectivity index is 1.50. The second kappa shape index (κ2) is 6.93. The van der Waals surface area contributed by atoms with E-state index in [9.17, 15) is 4.79 Å². The van der Waals surface area contributed by atoms with E-state index in [1.54, 1.807) is 11.3 Å². The lowest BCUT2D eigenvalue weighted by atomic mass is 9.96. The molecule has 2 aromatic heterocycles. The molecule has 0 bridgehead atoms. The van der Waals surface area contributed by atoms with Crippen LogP contribution >= 0.6 is 11.3 Å². The number of carbonyl (C=O) groups is 1. The van der Waals surface area contributed by atoms with E-state index in [0.717, 1.165) is 66.9 Å². The van der Waals surface area contributed by atoms with E-state index in [2.05, 4.69) is 27.7 Å². The van der Waals surface area contributed by atoms with Crippen LogP contribution in [0.2, 0.25) is 0 Å². The molecule has 138 valence electrons. The van der Waals surface area contributed by atoms with Gasteiger partial charge in [0.1, 0.15) is 5.82 Å². The molecule has 1 saturated heterocycles. The van der Waals surface area contributed by atoms with Gasteiger partial charge in [-0.05, 0) is 49.3 Å². The van der Waals surface area contributed by atoms with Gasteiger partial charge in [-0.2, -0.15) is 11.3 Å². The van der Waals surface area contributed by atoms with Crippen molar-refractivity contribution in [3.8, 4) is 11.4 Å². The first-order valence-electron chi connectivity index (χ1n) is 9.62. The van der Waals surface area contributed by atoms with Gasteiger partial charge in [0, 0.05) is 35.5 Å². The predicted molar refractivity (Wildman–Crippen MR) is 109 cm³/mol. The topological polar surface area (TPSA) is 58.1 Å². The minimum Gasteiger partial charge on any atom is -0.355 e. The number of piperidine rings is 1. The summed E-state index contributed by atoms with van der Waals surface area (Å²) in [5.74, 6) is 1.96. The van der Waals surface area contributed by atoms with E-state index >= 15 is 0 Å². The van der Waals surface area contributed by atoms with Gasteiger partial charge in [-0.15, -0.1) is 0 Å². The highest BCUT2D eigenvalue weighted by Crippen LogP contribution is 2.31. The SMILES string of the molecule is O=C(NC1CC1)C1CCCN(c2nc(-c3ccsc3)nc3ccccc23)C1. The van der Waals surface area contributed by atoms with Crippen molar-refractivity contribution in [1.29, 1.82) is 0 Å². The third kappa shape index (κ3) is 3.41. The van der Waals surface area contributed by atoms with Crippen LogP contribution < -0.4 is 10.2 Å². The molecule has 0 radical (unpaired) electrons. The van der Waals surface area contributed by atoms with Crippen LogP contribution in [0, 0.1) is 5.92 Å². The summed E-state index contributed by atoms with van der Waals surface area (Å²) < 4.78 is 0. The number of anilines is 1. The summed E-state index contributed by atoms with van der Waals surface area (Å²) >= 11 is 1.65. The number of benzene rings is 1. The Morgan fingerprint density at radius 2 is 2.04 bits per heavy atom. The van der Waals surface area contributed by atoms with Gasteiger partial charge in [0.05, 0.1) is 11.4 Å². The van der Waals surface area contributed by atoms with Crippen LogP contribution in [0.3, 0.4) is 0 Å². The number of hydrogen-bond acceptors (Lipinski definition) is 5. The number of carbonyl (C=O) groups excluding carboxylic acids is 1. The Kier molecular flexibility index (Phi) is 4.28. The predicted octanol–water partition coefficient (Wildman–Crippen LogP) is 3.85. The summed E-state index contributed by atoms with van der Waals surface area (Å²) in [5.41, 5.74) is 2.00. The maximum Gasteiger partial charge on any atom is 0.225 e. The van der Waals surface area contributed by atoms with Crippen LogP contribution in [0.5, 0.6) is 0 Å². The Labute approximate surface area is 162 Å². The minimum atomic E-state index is 0.0395. The van der Waals surface area contributed by atoms with E-state index in [4.69, 9.17) is 9.97 Å². The number of hydrogen-bond donors (Lipinski definition) is 1. The molecule has 2 aliphatic rings. The summed E-state index contributed by atoms with van der Waals surface area (Å²) in [5, 5.41) is 8.35. The molecule has 1 saturated carbocycles. The van der Waals surface area contributed by atoms with E-state index < -0.39 is 0 Å². The molecular weight excluding hydrogens is 356 g/mol. The van der Waals surface area contributed by atoms with Crippen molar-refractivity contribution in [3.05, 3.63) is 41.1 Å². The van der Waals surface area contributed by atoms with Gasteiger partial charge in [-0.3, -0.25) is 4.79 Å². The summed E-state index contributed by atoms with van der Waals surface area (Å²) in [7, 11) is 0. The molecule has 1 aromatic carbocycles. The molecular formula is C21H22N4OS. The Morgan fingerprint density at radius 3 is 2.85 bits per heavy atom. The number of rotatable bonds is 4. The zero-order valence-corrected chi connectivity index (χ0v) is 15.9. The van der Waals surface area contributed by atoms with Crippen molar-refractivity contribution >= 4 is 34.0 Å². The molecule has 1 N–H and O–H groups in total. The Hall–Kier alpha value is -2.47. The summed E-state index contributed by atoms with van der Waals surface area (Å²) in [6.07, 6.45) is 4.22. The van der Waals surface area contributed by atoms with E-state index in [0.29, 0.717) is 6.04 Å². The average molecular weight is 379 g/mol. The van der Waals surface area contributed by atoms with Crippen molar-refractivity contribution in [3.63, 3.8) is 0 Å². The van der Waals surface area contributed by atoms with Gasteiger partial charge < -0.3 is 10.2 Å². The zero-order chi connectivity index (χ0) is 18.2. The number of nitrogens with one attached hydrogen (secondary N) is 1. The molecule has 3 aromatic rings. The molecule has 1 atom stereocenters. The summed E-state index contributed by atoms with van der Waals surface area (Å²) in [6.45, 7) is 1.65. The highest BCUT2D eigenvalue weighted by molar-refractivity contribution is 7.08. The minimum absolute atomic E-state index is 0.0395. The first-order chi connectivity index (χ1) is 13.3. The average Bonchev–Trinajstić information content (AvgIpc) is 3.35. The third-order valence-corrected chi connectivity index (χ3v) is 6.06. The molecule has 1 aliphatic heterocycles. The zero-order valence-electron chi connectivity index (χ0n) is 15.1. The van der Waals surface area contributed by atoms with Gasteiger partial charge in [-0.25, -0.2) is 9.97 Å². The molecule has 2 fully saturated rings. The molecule has 1 amide bonds. The van der Waals surface area contributed by atoms with Gasteiger partial charge >= 0.3 is 0 Å². The van der Waals surface area contributed by atoms with Crippen molar-refractivity contribution in [2.24, 2.45) is 5.92 Å². The van der Waals surface area contributed by atoms with Crippen LogP contribution in [-0.2, 0) is 4.79 Å². The quantitative estimate of drug-likeness (QED) is 0.749. The molecule has 1 aliphatic carbocycles. The number of para-hydroxylation sites is 1. The highest BCUT2D eigenvalue weighted by Gasteiger charge is 2.31. The lowest BCUT2D eigenvalue weighted by Crippen LogP contribution is -2.44. The number of amides is 1. The highest BCUT2D eigenvalue weighted by atomic mass is 32.1. The lowest BCUT2D eigenvalue weighted by molar-refractivity contribution is -0.125. The molecule has 1 unspecified atom stereocenters. The van der Waals surface area contributed by atoms with Gasteiger partial charge in [0.15, 0.2) is 5.82 Å².